The lowest BCUT2D eigenvalue weighted by Gasteiger charge is -2.25. The Bertz CT molecular complexity index is 443. The number of amides is 1. The van der Waals surface area contributed by atoms with E-state index < -0.39 is 23.2 Å². The van der Waals surface area contributed by atoms with Gasteiger partial charge < -0.3 is 10.4 Å². The first-order valence-electron chi connectivity index (χ1n) is 5.46. The number of nitrogens with zero attached hydrogens (tertiary/aromatic N) is 1. The molecule has 0 saturated carbocycles. The van der Waals surface area contributed by atoms with E-state index in [1.54, 1.807) is 13.8 Å². The quantitative estimate of drug-likeness (QED) is 0.836. The molecule has 1 aromatic heterocycles. The van der Waals surface area contributed by atoms with Gasteiger partial charge in [-0.15, -0.1) is 0 Å². The maximum atomic E-state index is 12.6. The number of aliphatic carboxylic acids is 1. The monoisotopic (exact) mass is 254 g/mol. The van der Waals surface area contributed by atoms with E-state index in [2.05, 4.69) is 10.3 Å². The number of rotatable bonds is 5. The Kier molecular flexibility index (Phi) is 4.36. The van der Waals surface area contributed by atoms with Gasteiger partial charge in [-0.05, 0) is 32.4 Å². The minimum Gasteiger partial charge on any atom is -0.481 e. The van der Waals surface area contributed by atoms with Crippen LogP contribution in [0.3, 0.4) is 0 Å². The molecule has 0 aromatic carbocycles. The second-order valence-electron chi connectivity index (χ2n) is 4.59. The summed E-state index contributed by atoms with van der Waals surface area (Å²) in [6.45, 7) is 3.44. The molecule has 0 saturated heterocycles. The van der Waals surface area contributed by atoms with Gasteiger partial charge in [0.25, 0.3) is 5.91 Å². The number of pyridine rings is 1. The van der Waals surface area contributed by atoms with E-state index in [-0.39, 0.29) is 12.1 Å². The van der Waals surface area contributed by atoms with Crippen molar-refractivity contribution in [1.82, 2.24) is 10.3 Å². The molecule has 0 bridgehead atoms. The number of carbonyl (C=O) groups is 2. The fourth-order valence-electron chi connectivity index (χ4n) is 1.36. The minimum absolute atomic E-state index is 0.0376. The fourth-order valence-corrected chi connectivity index (χ4v) is 1.36. The molecule has 0 fully saturated rings. The van der Waals surface area contributed by atoms with Crippen LogP contribution in [0.15, 0.2) is 18.3 Å². The van der Waals surface area contributed by atoms with Gasteiger partial charge in [0, 0.05) is 12.0 Å². The Morgan fingerprint density at radius 2 is 2.11 bits per heavy atom. The summed E-state index contributed by atoms with van der Waals surface area (Å²) in [5.41, 5.74) is -0.564. The molecule has 0 aliphatic rings. The minimum atomic E-state index is -0.919. The van der Waals surface area contributed by atoms with Crippen LogP contribution in [0, 0.1) is 5.82 Å². The van der Waals surface area contributed by atoms with Crippen LogP contribution in [-0.2, 0) is 4.79 Å². The third kappa shape index (κ3) is 4.48. The van der Waals surface area contributed by atoms with E-state index in [0.29, 0.717) is 6.42 Å². The first-order chi connectivity index (χ1) is 8.30. The normalized spacial score (nSPS) is 11.1. The van der Waals surface area contributed by atoms with E-state index in [9.17, 15) is 14.0 Å². The molecule has 18 heavy (non-hydrogen) atoms. The number of aromatic nitrogens is 1. The highest BCUT2D eigenvalue weighted by Crippen LogP contribution is 2.12. The Morgan fingerprint density at radius 1 is 1.44 bits per heavy atom. The maximum Gasteiger partial charge on any atom is 0.303 e. The summed E-state index contributed by atoms with van der Waals surface area (Å²) >= 11 is 0. The Balaban J connectivity index is 2.63. The SMILES string of the molecule is CC(C)(CCC(=O)O)NC(=O)c1ccc(F)cn1. The van der Waals surface area contributed by atoms with Crippen molar-refractivity contribution in [2.75, 3.05) is 0 Å². The van der Waals surface area contributed by atoms with Crippen LogP contribution in [0.2, 0.25) is 0 Å². The molecule has 1 amide bonds. The fraction of sp³-hybridized carbons (Fsp3) is 0.417. The first-order valence-corrected chi connectivity index (χ1v) is 5.46. The number of carboxylic acids is 1. The highest BCUT2D eigenvalue weighted by Gasteiger charge is 2.22. The van der Waals surface area contributed by atoms with Gasteiger partial charge in [0.1, 0.15) is 11.5 Å². The van der Waals surface area contributed by atoms with Crippen molar-refractivity contribution < 1.29 is 19.1 Å². The van der Waals surface area contributed by atoms with Gasteiger partial charge in [0.2, 0.25) is 0 Å². The van der Waals surface area contributed by atoms with E-state index in [0.717, 1.165) is 12.3 Å². The van der Waals surface area contributed by atoms with Crippen LogP contribution in [0.25, 0.3) is 0 Å². The Hall–Kier alpha value is -1.98. The van der Waals surface area contributed by atoms with Gasteiger partial charge in [-0.2, -0.15) is 0 Å². The summed E-state index contributed by atoms with van der Waals surface area (Å²) in [7, 11) is 0. The lowest BCUT2D eigenvalue weighted by atomic mass is 9.98. The van der Waals surface area contributed by atoms with Gasteiger partial charge in [-0.3, -0.25) is 9.59 Å². The summed E-state index contributed by atoms with van der Waals surface area (Å²) in [6.07, 6.45) is 1.22. The van der Waals surface area contributed by atoms with Crippen molar-refractivity contribution in [3.63, 3.8) is 0 Å². The number of halogens is 1. The zero-order valence-corrected chi connectivity index (χ0v) is 10.2. The molecule has 2 N–H and O–H groups in total. The third-order valence-electron chi connectivity index (χ3n) is 2.38. The van der Waals surface area contributed by atoms with Crippen molar-refractivity contribution in [3.8, 4) is 0 Å². The van der Waals surface area contributed by atoms with E-state index in [1.807, 2.05) is 0 Å². The summed E-state index contributed by atoms with van der Waals surface area (Å²) in [5.74, 6) is -1.89. The molecule has 1 heterocycles. The van der Waals surface area contributed by atoms with Gasteiger partial charge >= 0.3 is 5.97 Å². The van der Waals surface area contributed by atoms with Crippen LogP contribution in [0.4, 0.5) is 4.39 Å². The molecule has 0 unspecified atom stereocenters. The zero-order chi connectivity index (χ0) is 13.8. The average Bonchev–Trinajstić information content (AvgIpc) is 2.27. The van der Waals surface area contributed by atoms with Crippen LogP contribution in [0.5, 0.6) is 0 Å². The molecule has 0 aliphatic carbocycles. The van der Waals surface area contributed by atoms with E-state index >= 15 is 0 Å². The molecule has 0 radical (unpaired) electrons. The first kappa shape index (κ1) is 14.1. The van der Waals surface area contributed by atoms with Crippen LogP contribution in [-0.4, -0.2) is 27.5 Å². The highest BCUT2D eigenvalue weighted by molar-refractivity contribution is 5.92. The average molecular weight is 254 g/mol. The molecule has 1 rings (SSSR count). The maximum absolute atomic E-state index is 12.6. The van der Waals surface area contributed by atoms with Crippen molar-refractivity contribution >= 4 is 11.9 Å². The van der Waals surface area contributed by atoms with Crippen LogP contribution < -0.4 is 5.32 Å². The number of carboxylic acid groups (broad SMARTS) is 1. The van der Waals surface area contributed by atoms with E-state index in [4.69, 9.17) is 5.11 Å². The topological polar surface area (TPSA) is 79.3 Å². The third-order valence-corrected chi connectivity index (χ3v) is 2.38. The number of nitrogens with one attached hydrogen (secondary N) is 1. The molecular formula is C12H15FN2O3. The smallest absolute Gasteiger partial charge is 0.303 e. The molecule has 0 atom stereocenters. The molecule has 1 aromatic rings. The van der Waals surface area contributed by atoms with Crippen LogP contribution in [0.1, 0.15) is 37.2 Å². The van der Waals surface area contributed by atoms with Gasteiger partial charge in [-0.25, -0.2) is 9.37 Å². The summed E-state index contributed by atoms with van der Waals surface area (Å²) in [4.78, 5) is 25.9. The largest absolute Gasteiger partial charge is 0.481 e. The Morgan fingerprint density at radius 3 is 2.61 bits per heavy atom. The van der Waals surface area contributed by atoms with E-state index in [1.165, 1.54) is 6.07 Å². The molecule has 6 heteroatoms. The standard InChI is InChI=1S/C12H15FN2O3/c1-12(2,6-5-10(16)17)15-11(18)9-4-3-8(13)7-14-9/h3-4,7H,5-6H2,1-2H3,(H,15,18)(H,16,17). The van der Waals surface area contributed by atoms with Crippen molar-refractivity contribution in [2.24, 2.45) is 0 Å². The second-order valence-corrected chi connectivity index (χ2v) is 4.59. The summed E-state index contributed by atoms with van der Waals surface area (Å²) < 4.78 is 12.6. The van der Waals surface area contributed by atoms with Gasteiger partial charge in [0.05, 0.1) is 6.20 Å². The molecule has 0 spiro atoms. The van der Waals surface area contributed by atoms with Gasteiger partial charge in [0.15, 0.2) is 0 Å². The molecule has 5 nitrogen and oxygen atoms in total. The van der Waals surface area contributed by atoms with Gasteiger partial charge in [-0.1, -0.05) is 0 Å². The zero-order valence-electron chi connectivity index (χ0n) is 10.2. The molecule has 0 aliphatic heterocycles. The Labute approximate surface area is 104 Å². The second kappa shape index (κ2) is 5.57. The predicted molar refractivity (Wildman–Crippen MR) is 62.6 cm³/mol. The number of hydrogen-bond donors (Lipinski definition) is 2. The van der Waals surface area contributed by atoms with Crippen molar-refractivity contribution in [2.45, 2.75) is 32.2 Å². The number of carbonyl (C=O) groups excluding carboxylic acids is 1. The lowest BCUT2D eigenvalue weighted by molar-refractivity contribution is -0.137. The molecular weight excluding hydrogens is 239 g/mol. The highest BCUT2D eigenvalue weighted by atomic mass is 19.1. The lowest BCUT2D eigenvalue weighted by Crippen LogP contribution is -2.44. The molecule has 98 valence electrons. The van der Waals surface area contributed by atoms with Crippen LogP contribution >= 0.6 is 0 Å². The summed E-state index contributed by atoms with van der Waals surface area (Å²) in [6, 6.07) is 2.42. The number of hydrogen-bond acceptors (Lipinski definition) is 3. The summed E-state index contributed by atoms with van der Waals surface area (Å²) in [5, 5.41) is 11.3. The van der Waals surface area contributed by atoms with Crippen molar-refractivity contribution in [3.05, 3.63) is 29.8 Å². The van der Waals surface area contributed by atoms with Crippen molar-refractivity contribution in [1.29, 1.82) is 0 Å². The predicted octanol–water partition coefficient (Wildman–Crippen LogP) is 1.59.